The van der Waals surface area contributed by atoms with Gasteiger partial charge in [0.2, 0.25) is 5.91 Å². The Balaban J connectivity index is 1.58. The number of nitrogens with two attached hydrogens (primary N) is 1. The lowest BCUT2D eigenvalue weighted by atomic mass is 10.1. The number of non-ortho nitro benzene ring substituents is 1. The molecule has 0 saturated carbocycles. The summed E-state index contributed by atoms with van der Waals surface area (Å²) in [6, 6.07) is 10.5. The molecule has 1 aliphatic heterocycles. The third-order valence-electron chi connectivity index (χ3n) is 4.20. The SMILES string of the molecule is NC1NC(SCc2cccc([N+](=O)[O-])c2)NC(=O)C1NC(=O)c1ccccc1F. The van der Waals surface area contributed by atoms with Crippen molar-refractivity contribution in [3.63, 3.8) is 0 Å². The summed E-state index contributed by atoms with van der Waals surface area (Å²) in [7, 11) is 0. The van der Waals surface area contributed by atoms with Crippen molar-refractivity contribution in [3.8, 4) is 0 Å². The summed E-state index contributed by atoms with van der Waals surface area (Å²) < 4.78 is 13.7. The minimum absolute atomic E-state index is 0.0173. The van der Waals surface area contributed by atoms with Gasteiger partial charge < -0.3 is 16.4 Å². The number of halogens is 1. The number of hydrogen-bond donors (Lipinski definition) is 4. The molecule has 11 heteroatoms. The normalized spacial score (nSPS) is 21.3. The molecule has 1 fully saturated rings. The summed E-state index contributed by atoms with van der Waals surface area (Å²) in [4.78, 5) is 35.0. The molecule has 2 aromatic rings. The maximum atomic E-state index is 13.7. The lowest BCUT2D eigenvalue weighted by molar-refractivity contribution is -0.384. The van der Waals surface area contributed by atoms with Crippen molar-refractivity contribution in [2.45, 2.75) is 23.5 Å². The smallest absolute Gasteiger partial charge is 0.269 e. The second-order valence-electron chi connectivity index (χ2n) is 6.25. The molecule has 29 heavy (non-hydrogen) atoms. The molecule has 3 atom stereocenters. The number of thioether (sulfide) groups is 1. The largest absolute Gasteiger partial charge is 0.338 e. The van der Waals surface area contributed by atoms with Gasteiger partial charge in [-0.15, -0.1) is 11.8 Å². The van der Waals surface area contributed by atoms with Crippen LogP contribution in [0.3, 0.4) is 0 Å². The molecule has 1 saturated heterocycles. The van der Waals surface area contributed by atoms with Gasteiger partial charge in [-0.1, -0.05) is 24.3 Å². The zero-order valence-electron chi connectivity index (χ0n) is 15.0. The van der Waals surface area contributed by atoms with Gasteiger partial charge in [-0.2, -0.15) is 0 Å². The van der Waals surface area contributed by atoms with Gasteiger partial charge in [0.25, 0.3) is 11.6 Å². The van der Waals surface area contributed by atoms with Crippen molar-refractivity contribution in [2.24, 2.45) is 5.73 Å². The first kappa shape index (κ1) is 20.7. The summed E-state index contributed by atoms with van der Waals surface area (Å²) in [5.74, 6) is -1.58. The third kappa shape index (κ3) is 5.08. The number of nitrogens with one attached hydrogen (secondary N) is 3. The van der Waals surface area contributed by atoms with Crippen LogP contribution in [0.1, 0.15) is 15.9 Å². The molecule has 0 aliphatic carbocycles. The molecule has 0 bridgehead atoms. The fraction of sp³-hybridized carbons (Fsp3) is 0.222. The van der Waals surface area contributed by atoms with Gasteiger partial charge in [-0.25, -0.2) is 4.39 Å². The van der Waals surface area contributed by atoms with Gasteiger partial charge in [0.15, 0.2) is 0 Å². The minimum atomic E-state index is -1.09. The number of carbonyl (C=O) groups is 2. The van der Waals surface area contributed by atoms with Crippen LogP contribution in [0.2, 0.25) is 0 Å². The monoisotopic (exact) mass is 419 g/mol. The molecule has 0 aromatic heterocycles. The Kier molecular flexibility index (Phi) is 6.42. The topological polar surface area (TPSA) is 139 Å². The van der Waals surface area contributed by atoms with Gasteiger partial charge in [0, 0.05) is 17.9 Å². The van der Waals surface area contributed by atoms with E-state index in [0.29, 0.717) is 11.3 Å². The first-order chi connectivity index (χ1) is 13.8. The molecule has 2 aromatic carbocycles. The first-order valence-electron chi connectivity index (χ1n) is 8.57. The number of nitro groups is 1. The molecule has 1 heterocycles. The highest BCUT2D eigenvalue weighted by Crippen LogP contribution is 2.21. The second kappa shape index (κ2) is 8.99. The highest BCUT2D eigenvalue weighted by Gasteiger charge is 2.35. The van der Waals surface area contributed by atoms with E-state index in [2.05, 4.69) is 16.0 Å². The van der Waals surface area contributed by atoms with Crippen molar-refractivity contribution < 1.29 is 18.9 Å². The fourth-order valence-corrected chi connectivity index (χ4v) is 3.74. The van der Waals surface area contributed by atoms with E-state index >= 15 is 0 Å². The molecule has 9 nitrogen and oxygen atoms in total. The number of nitro benzene ring substituents is 1. The van der Waals surface area contributed by atoms with Crippen molar-refractivity contribution in [1.29, 1.82) is 0 Å². The van der Waals surface area contributed by atoms with E-state index < -0.39 is 40.3 Å². The van der Waals surface area contributed by atoms with E-state index in [1.807, 2.05) is 0 Å². The summed E-state index contributed by atoms with van der Waals surface area (Å²) in [6.45, 7) is 0. The Bertz CT molecular complexity index is 944. The lowest BCUT2D eigenvalue weighted by Crippen LogP contribution is -2.70. The van der Waals surface area contributed by atoms with Crippen LogP contribution in [0.25, 0.3) is 0 Å². The molecule has 152 valence electrons. The zero-order valence-corrected chi connectivity index (χ0v) is 15.8. The minimum Gasteiger partial charge on any atom is -0.338 e. The molecule has 2 amide bonds. The molecular weight excluding hydrogens is 401 g/mol. The molecule has 1 aliphatic rings. The molecule has 0 spiro atoms. The zero-order chi connectivity index (χ0) is 21.0. The van der Waals surface area contributed by atoms with Crippen molar-refractivity contribution in [1.82, 2.24) is 16.0 Å². The number of nitrogens with zero attached hydrogens (tertiary/aromatic N) is 1. The van der Waals surface area contributed by atoms with Gasteiger partial charge >= 0.3 is 0 Å². The Morgan fingerprint density at radius 3 is 2.72 bits per heavy atom. The van der Waals surface area contributed by atoms with E-state index in [1.165, 1.54) is 42.1 Å². The molecule has 3 rings (SSSR count). The standard InChI is InChI=1S/C18H18FN5O4S/c19-13-7-2-1-6-12(13)16(25)21-14-15(20)22-18(23-17(14)26)29-9-10-4-3-5-11(8-10)24(27)28/h1-8,14-15,18,22H,9,20H2,(H,21,25)(H,23,26). The average molecular weight is 419 g/mol. The third-order valence-corrected chi connectivity index (χ3v) is 5.29. The highest BCUT2D eigenvalue weighted by molar-refractivity contribution is 7.99. The molecule has 3 unspecified atom stereocenters. The van der Waals surface area contributed by atoms with Crippen molar-refractivity contribution in [2.75, 3.05) is 0 Å². The van der Waals surface area contributed by atoms with Crippen LogP contribution in [0.5, 0.6) is 0 Å². The Hall–Kier alpha value is -3.02. The lowest BCUT2D eigenvalue weighted by Gasteiger charge is -2.35. The predicted molar refractivity (Wildman–Crippen MR) is 105 cm³/mol. The van der Waals surface area contributed by atoms with Crippen LogP contribution in [0.4, 0.5) is 10.1 Å². The van der Waals surface area contributed by atoms with Gasteiger partial charge in [0.1, 0.15) is 17.4 Å². The molecule has 5 N–H and O–H groups in total. The number of benzene rings is 2. The summed E-state index contributed by atoms with van der Waals surface area (Å²) in [6.07, 6.45) is -0.901. The van der Waals surface area contributed by atoms with Gasteiger partial charge in [-0.3, -0.25) is 25.0 Å². The van der Waals surface area contributed by atoms with Crippen LogP contribution < -0.4 is 21.7 Å². The fourth-order valence-electron chi connectivity index (χ4n) is 2.74. The van der Waals surface area contributed by atoms with E-state index in [1.54, 1.807) is 12.1 Å². The van der Waals surface area contributed by atoms with Gasteiger partial charge in [0.05, 0.1) is 16.7 Å². The molecule has 0 radical (unpaired) electrons. The van der Waals surface area contributed by atoms with Crippen LogP contribution in [0.15, 0.2) is 48.5 Å². The number of carbonyl (C=O) groups excluding carboxylic acids is 2. The Morgan fingerprint density at radius 2 is 2.03 bits per heavy atom. The number of hydrogen-bond acceptors (Lipinski definition) is 7. The summed E-state index contributed by atoms with van der Waals surface area (Å²) >= 11 is 1.28. The molecular formula is C18H18FN5O4S. The van der Waals surface area contributed by atoms with E-state index in [-0.39, 0.29) is 11.3 Å². The second-order valence-corrected chi connectivity index (χ2v) is 7.34. The maximum absolute atomic E-state index is 13.7. The van der Waals surface area contributed by atoms with E-state index in [4.69, 9.17) is 5.73 Å². The summed E-state index contributed by atoms with van der Waals surface area (Å²) in [5, 5.41) is 18.9. The average Bonchev–Trinajstić information content (AvgIpc) is 2.69. The first-order valence-corrected chi connectivity index (χ1v) is 9.62. The quantitative estimate of drug-likeness (QED) is 0.405. The van der Waals surface area contributed by atoms with E-state index in [9.17, 15) is 24.1 Å². The number of amides is 2. The van der Waals surface area contributed by atoms with Crippen LogP contribution >= 0.6 is 11.8 Å². The van der Waals surface area contributed by atoms with Crippen LogP contribution in [-0.4, -0.2) is 34.4 Å². The van der Waals surface area contributed by atoms with Crippen molar-refractivity contribution >= 4 is 29.3 Å². The van der Waals surface area contributed by atoms with Crippen molar-refractivity contribution in [3.05, 3.63) is 75.6 Å². The Morgan fingerprint density at radius 1 is 1.28 bits per heavy atom. The van der Waals surface area contributed by atoms with Gasteiger partial charge in [-0.05, 0) is 17.7 Å². The predicted octanol–water partition coefficient (Wildman–Crippen LogP) is 1.05. The van der Waals surface area contributed by atoms with E-state index in [0.717, 1.165) is 6.07 Å². The van der Waals surface area contributed by atoms with Crippen LogP contribution in [0, 0.1) is 15.9 Å². The highest BCUT2D eigenvalue weighted by atomic mass is 32.2. The Labute approximate surface area is 169 Å². The number of rotatable bonds is 6. The van der Waals surface area contributed by atoms with Crippen LogP contribution in [-0.2, 0) is 10.5 Å². The summed E-state index contributed by atoms with van der Waals surface area (Å²) in [5.41, 5.74) is 5.93. The maximum Gasteiger partial charge on any atom is 0.269 e.